The van der Waals surface area contributed by atoms with Gasteiger partial charge in [-0.3, -0.25) is 10.1 Å². The summed E-state index contributed by atoms with van der Waals surface area (Å²) in [6, 6.07) is 2.01. The summed E-state index contributed by atoms with van der Waals surface area (Å²) in [7, 11) is 0. The number of benzene rings is 1. The van der Waals surface area contributed by atoms with Crippen molar-refractivity contribution in [1.82, 2.24) is 0 Å². The highest BCUT2D eigenvalue weighted by atomic mass is 127. The Bertz CT molecular complexity index is 417. The normalized spacial score (nSPS) is 11.5. The van der Waals surface area contributed by atoms with Crippen LogP contribution in [0.4, 0.5) is 18.9 Å². The van der Waals surface area contributed by atoms with E-state index in [1.165, 1.54) is 0 Å². The number of halogens is 4. The lowest BCUT2D eigenvalue weighted by Gasteiger charge is -2.10. The van der Waals surface area contributed by atoms with Crippen molar-refractivity contribution in [3.05, 3.63) is 36.9 Å². The van der Waals surface area contributed by atoms with Crippen molar-refractivity contribution in [3.8, 4) is 0 Å². The highest BCUT2D eigenvalue weighted by Crippen LogP contribution is 2.36. The molecule has 0 bridgehead atoms. The number of nitro benzene ring substituents is 1. The van der Waals surface area contributed by atoms with Crippen LogP contribution in [0, 0.1) is 20.6 Å². The maximum Gasteiger partial charge on any atom is 0.416 e. The third kappa shape index (κ3) is 2.58. The Morgan fingerprint density at radius 3 is 2.33 bits per heavy atom. The van der Waals surface area contributed by atoms with Crippen molar-refractivity contribution < 1.29 is 18.1 Å². The fourth-order valence-electron chi connectivity index (χ4n) is 1.15. The van der Waals surface area contributed by atoms with Gasteiger partial charge in [0.25, 0.3) is 5.69 Å². The SMILES string of the molecule is Cc1c([N+](=O)[O-])cc(I)cc1C(F)(F)F. The first-order valence-corrected chi connectivity index (χ1v) is 4.83. The van der Waals surface area contributed by atoms with Crippen LogP contribution in [-0.2, 0) is 6.18 Å². The van der Waals surface area contributed by atoms with Gasteiger partial charge in [0.05, 0.1) is 10.5 Å². The molecule has 0 spiro atoms. The van der Waals surface area contributed by atoms with E-state index < -0.39 is 22.4 Å². The summed E-state index contributed by atoms with van der Waals surface area (Å²) in [5, 5.41) is 10.5. The Labute approximate surface area is 96.6 Å². The zero-order chi connectivity index (χ0) is 11.8. The molecule has 0 amide bonds. The van der Waals surface area contributed by atoms with Crippen molar-refractivity contribution >= 4 is 28.3 Å². The Morgan fingerprint density at radius 2 is 1.93 bits per heavy atom. The molecule has 1 rings (SSSR count). The molecule has 7 heteroatoms. The highest BCUT2D eigenvalue weighted by Gasteiger charge is 2.35. The lowest BCUT2D eigenvalue weighted by Crippen LogP contribution is -2.09. The fourth-order valence-corrected chi connectivity index (χ4v) is 1.76. The Hall–Kier alpha value is -0.860. The molecule has 0 unspecified atom stereocenters. The molecule has 0 fully saturated rings. The van der Waals surface area contributed by atoms with Crippen molar-refractivity contribution in [3.63, 3.8) is 0 Å². The lowest BCUT2D eigenvalue weighted by atomic mass is 10.1. The van der Waals surface area contributed by atoms with Gasteiger partial charge in [-0.2, -0.15) is 13.2 Å². The van der Waals surface area contributed by atoms with E-state index in [1.807, 2.05) is 0 Å². The van der Waals surface area contributed by atoms with Gasteiger partial charge in [-0.25, -0.2) is 0 Å². The van der Waals surface area contributed by atoms with E-state index in [-0.39, 0.29) is 9.13 Å². The predicted octanol–water partition coefficient (Wildman–Crippen LogP) is 3.53. The molecule has 1 aromatic rings. The summed E-state index contributed by atoms with van der Waals surface area (Å²) in [6.45, 7) is 1.09. The van der Waals surface area contributed by atoms with E-state index in [4.69, 9.17) is 0 Å². The van der Waals surface area contributed by atoms with Crippen LogP contribution in [-0.4, -0.2) is 4.92 Å². The van der Waals surface area contributed by atoms with Gasteiger partial charge in [-0.05, 0) is 35.6 Å². The molecular formula is C8H5F3INO2. The largest absolute Gasteiger partial charge is 0.416 e. The second-order valence-corrected chi connectivity index (χ2v) is 4.10. The summed E-state index contributed by atoms with van der Waals surface area (Å²) in [4.78, 5) is 9.68. The molecule has 0 atom stereocenters. The van der Waals surface area contributed by atoms with Crippen LogP contribution in [0.15, 0.2) is 12.1 Å². The van der Waals surface area contributed by atoms with Gasteiger partial charge in [-0.1, -0.05) is 0 Å². The van der Waals surface area contributed by atoms with E-state index in [1.54, 1.807) is 22.6 Å². The third-order valence-electron chi connectivity index (χ3n) is 1.85. The highest BCUT2D eigenvalue weighted by molar-refractivity contribution is 14.1. The first-order valence-electron chi connectivity index (χ1n) is 3.75. The van der Waals surface area contributed by atoms with Crippen molar-refractivity contribution in [2.45, 2.75) is 13.1 Å². The molecule has 82 valence electrons. The van der Waals surface area contributed by atoms with Gasteiger partial charge in [0.1, 0.15) is 0 Å². The summed E-state index contributed by atoms with van der Waals surface area (Å²) in [5.41, 5.74) is -1.82. The monoisotopic (exact) mass is 331 g/mol. The minimum absolute atomic E-state index is 0.192. The summed E-state index contributed by atoms with van der Waals surface area (Å²) in [6.07, 6.45) is -4.56. The van der Waals surface area contributed by atoms with Crippen molar-refractivity contribution in [2.24, 2.45) is 0 Å². The molecule has 1 aromatic carbocycles. The quantitative estimate of drug-likeness (QED) is 0.449. The first-order chi connectivity index (χ1) is 6.73. The van der Waals surface area contributed by atoms with Gasteiger partial charge >= 0.3 is 6.18 Å². The van der Waals surface area contributed by atoms with Gasteiger partial charge in [0, 0.05) is 15.2 Å². The van der Waals surface area contributed by atoms with Crippen LogP contribution >= 0.6 is 22.6 Å². The summed E-state index contributed by atoms with van der Waals surface area (Å²) in [5.74, 6) is 0. The molecule has 15 heavy (non-hydrogen) atoms. The van der Waals surface area contributed by atoms with E-state index in [0.717, 1.165) is 19.1 Å². The minimum Gasteiger partial charge on any atom is -0.258 e. The van der Waals surface area contributed by atoms with Gasteiger partial charge in [-0.15, -0.1) is 0 Å². The average molecular weight is 331 g/mol. The van der Waals surface area contributed by atoms with Gasteiger partial charge in [0.2, 0.25) is 0 Å². The Morgan fingerprint density at radius 1 is 1.40 bits per heavy atom. The zero-order valence-corrected chi connectivity index (χ0v) is 9.59. The standard InChI is InChI=1S/C8H5F3INO2/c1-4-6(8(9,10)11)2-5(12)3-7(4)13(14)15/h2-3H,1H3. The molecule has 0 N–H and O–H groups in total. The third-order valence-corrected chi connectivity index (χ3v) is 2.47. The molecule has 0 aliphatic carbocycles. The van der Waals surface area contributed by atoms with Crippen LogP contribution < -0.4 is 0 Å². The number of hydrogen-bond donors (Lipinski definition) is 0. The number of alkyl halides is 3. The smallest absolute Gasteiger partial charge is 0.258 e. The number of hydrogen-bond acceptors (Lipinski definition) is 2. The van der Waals surface area contributed by atoms with E-state index in [0.29, 0.717) is 0 Å². The topological polar surface area (TPSA) is 43.1 Å². The minimum atomic E-state index is -4.56. The van der Waals surface area contributed by atoms with Gasteiger partial charge < -0.3 is 0 Å². The van der Waals surface area contributed by atoms with E-state index in [9.17, 15) is 23.3 Å². The van der Waals surface area contributed by atoms with E-state index >= 15 is 0 Å². The molecule has 0 heterocycles. The molecule has 3 nitrogen and oxygen atoms in total. The van der Waals surface area contributed by atoms with Crippen molar-refractivity contribution in [2.75, 3.05) is 0 Å². The molecule has 0 aliphatic rings. The summed E-state index contributed by atoms with van der Waals surface area (Å²) < 4.78 is 37.5. The van der Waals surface area contributed by atoms with Crippen LogP contribution in [0.1, 0.15) is 11.1 Å². The molecule has 0 saturated carbocycles. The fraction of sp³-hybridized carbons (Fsp3) is 0.250. The molecular weight excluding hydrogens is 326 g/mol. The van der Waals surface area contributed by atoms with Crippen LogP contribution in [0.2, 0.25) is 0 Å². The molecule has 0 aliphatic heterocycles. The number of rotatable bonds is 1. The molecule has 0 aromatic heterocycles. The Balaban J connectivity index is 3.49. The van der Waals surface area contributed by atoms with Crippen molar-refractivity contribution in [1.29, 1.82) is 0 Å². The number of nitrogens with zero attached hydrogens (tertiary/aromatic N) is 1. The number of nitro groups is 1. The lowest BCUT2D eigenvalue weighted by molar-refractivity contribution is -0.385. The Kier molecular flexibility index (Phi) is 3.22. The maximum absolute atomic E-state index is 12.4. The first kappa shape index (κ1) is 12.2. The van der Waals surface area contributed by atoms with E-state index in [2.05, 4.69) is 0 Å². The van der Waals surface area contributed by atoms with Crippen LogP contribution in [0.5, 0.6) is 0 Å². The average Bonchev–Trinajstić information content (AvgIpc) is 2.06. The van der Waals surface area contributed by atoms with Gasteiger partial charge in [0.15, 0.2) is 0 Å². The second kappa shape index (κ2) is 3.95. The molecule has 0 radical (unpaired) electrons. The predicted molar refractivity (Wildman–Crippen MR) is 55.6 cm³/mol. The zero-order valence-electron chi connectivity index (χ0n) is 7.43. The van der Waals surface area contributed by atoms with Crippen LogP contribution in [0.3, 0.4) is 0 Å². The molecule has 0 saturated heterocycles. The maximum atomic E-state index is 12.4. The second-order valence-electron chi connectivity index (χ2n) is 2.85. The summed E-state index contributed by atoms with van der Waals surface area (Å²) >= 11 is 1.62. The van der Waals surface area contributed by atoms with Crippen LogP contribution in [0.25, 0.3) is 0 Å².